The topological polar surface area (TPSA) is 55.3 Å². The van der Waals surface area contributed by atoms with Crippen LogP contribution in [0.5, 0.6) is 5.75 Å². The molecule has 5 heteroatoms. The summed E-state index contributed by atoms with van der Waals surface area (Å²) in [6.45, 7) is 1.94. The van der Waals surface area contributed by atoms with Crippen LogP contribution in [0.25, 0.3) is 0 Å². The summed E-state index contributed by atoms with van der Waals surface area (Å²) in [5.41, 5.74) is 5.09. The highest BCUT2D eigenvalue weighted by atomic mass is 16.5. The SMILES string of the molecule is Cc1cnc2c(c1)OC(=O)c1cccnc1N2c1cccc2c1CCCC2. The van der Waals surface area contributed by atoms with E-state index in [1.54, 1.807) is 24.5 Å². The highest BCUT2D eigenvalue weighted by molar-refractivity contribution is 6.01. The van der Waals surface area contributed by atoms with Gasteiger partial charge in [0.05, 0.1) is 5.69 Å². The molecule has 1 aliphatic carbocycles. The first-order chi connectivity index (χ1) is 13.2. The summed E-state index contributed by atoms with van der Waals surface area (Å²) in [7, 11) is 0. The van der Waals surface area contributed by atoms with Gasteiger partial charge in [-0.15, -0.1) is 0 Å². The first-order valence-electron chi connectivity index (χ1n) is 9.27. The first-order valence-corrected chi connectivity index (χ1v) is 9.27. The van der Waals surface area contributed by atoms with Crippen LogP contribution in [-0.4, -0.2) is 15.9 Å². The van der Waals surface area contributed by atoms with Crippen LogP contribution in [-0.2, 0) is 12.8 Å². The fourth-order valence-corrected chi connectivity index (χ4v) is 3.97. The van der Waals surface area contributed by atoms with Gasteiger partial charge in [-0.05, 0) is 73.6 Å². The number of anilines is 3. The summed E-state index contributed by atoms with van der Waals surface area (Å²) in [6.07, 6.45) is 7.96. The van der Waals surface area contributed by atoms with E-state index >= 15 is 0 Å². The number of pyridine rings is 2. The number of esters is 1. The zero-order chi connectivity index (χ0) is 18.4. The molecule has 0 fully saturated rings. The molecule has 1 aromatic carbocycles. The summed E-state index contributed by atoms with van der Waals surface area (Å²) in [5, 5.41) is 0. The van der Waals surface area contributed by atoms with E-state index in [0.717, 1.165) is 30.5 Å². The van der Waals surface area contributed by atoms with E-state index in [4.69, 9.17) is 4.74 Å². The predicted octanol–water partition coefficient (Wildman–Crippen LogP) is 4.67. The quantitative estimate of drug-likeness (QED) is 0.593. The molecule has 3 heterocycles. The van der Waals surface area contributed by atoms with Crippen LogP contribution in [0.4, 0.5) is 17.3 Å². The Morgan fingerprint density at radius 2 is 1.93 bits per heavy atom. The summed E-state index contributed by atoms with van der Waals surface area (Å²) in [6, 6.07) is 11.7. The van der Waals surface area contributed by atoms with Crippen molar-refractivity contribution in [1.29, 1.82) is 0 Å². The molecule has 2 aliphatic rings. The van der Waals surface area contributed by atoms with Crippen molar-refractivity contribution in [3.05, 3.63) is 71.0 Å². The van der Waals surface area contributed by atoms with Gasteiger partial charge in [0, 0.05) is 12.4 Å². The molecular formula is C22H19N3O2. The Kier molecular flexibility index (Phi) is 3.67. The highest BCUT2D eigenvalue weighted by Gasteiger charge is 2.32. The van der Waals surface area contributed by atoms with Gasteiger partial charge >= 0.3 is 5.97 Å². The number of hydrogen-bond donors (Lipinski definition) is 0. The second kappa shape index (κ2) is 6.20. The van der Waals surface area contributed by atoms with Crippen LogP contribution >= 0.6 is 0 Å². The lowest BCUT2D eigenvalue weighted by Crippen LogP contribution is -2.18. The number of hydrogen-bond acceptors (Lipinski definition) is 5. The maximum absolute atomic E-state index is 12.7. The van der Waals surface area contributed by atoms with E-state index in [1.807, 2.05) is 17.9 Å². The molecule has 5 rings (SSSR count). The molecule has 0 radical (unpaired) electrons. The van der Waals surface area contributed by atoms with Crippen molar-refractivity contribution in [3.63, 3.8) is 0 Å². The van der Waals surface area contributed by atoms with Gasteiger partial charge < -0.3 is 4.74 Å². The Morgan fingerprint density at radius 1 is 1.04 bits per heavy atom. The van der Waals surface area contributed by atoms with Crippen molar-refractivity contribution < 1.29 is 9.53 Å². The molecule has 27 heavy (non-hydrogen) atoms. The van der Waals surface area contributed by atoms with Crippen LogP contribution in [0.2, 0.25) is 0 Å². The van der Waals surface area contributed by atoms with E-state index in [9.17, 15) is 4.79 Å². The number of nitrogens with zero attached hydrogens (tertiary/aromatic N) is 3. The normalized spacial score (nSPS) is 15.3. The Bertz CT molecular complexity index is 1060. The first kappa shape index (κ1) is 16.0. The van der Waals surface area contributed by atoms with Gasteiger partial charge in [0.1, 0.15) is 5.56 Å². The Morgan fingerprint density at radius 3 is 2.85 bits per heavy atom. The molecule has 5 nitrogen and oxygen atoms in total. The van der Waals surface area contributed by atoms with E-state index in [0.29, 0.717) is 22.9 Å². The van der Waals surface area contributed by atoms with Crippen molar-refractivity contribution in [2.24, 2.45) is 0 Å². The van der Waals surface area contributed by atoms with Crippen molar-refractivity contribution in [1.82, 2.24) is 9.97 Å². The molecule has 0 unspecified atom stereocenters. The third-order valence-electron chi connectivity index (χ3n) is 5.21. The molecule has 2 aromatic heterocycles. The molecule has 0 N–H and O–H groups in total. The Labute approximate surface area is 157 Å². The van der Waals surface area contributed by atoms with Crippen LogP contribution in [0.1, 0.15) is 39.9 Å². The molecule has 0 saturated heterocycles. The van der Waals surface area contributed by atoms with Gasteiger partial charge in [0.15, 0.2) is 17.4 Å². The molecule has 0 spiro atoms. The zero-order valence-corrected chi connectivity index (χ0v) is 15.1. The maximum Gasteiger partial charge on any atom is 0.347 e. The fraction of sp³-hybridized carbons (Fsp3) is 0.227. The van der Waals surface area contributed by atoms with Gasteiger partial charge in [-0.2, -0.15) is 0 Å². The van der Waals surface area contributed by atoms with Crippen molar-refractivity contribution in [2.45, 2.75) is 32.6 Å². The minimum Gasteiger partial charge on any atom is -0.419 e. The maximum atomic E-state index is 12.7. The molecule has 0 atom stereocenters. The average Bonchev–Trinajstić information content (AvgIpc) is 2.81. The summed E-state index contributed by atoms with van der Waals surface area (Å²) in [5.74, 6) is 1.23. The number of benzene rings is 1. The van der Waals surface area contributed by atoms with Gasteiger partial charge in [-0.3, -0.25) is 4.90 Å². The number of aryl methyl sites for hydroxylation is 2. The highest BCUT2D eigenvalue weighted by Crippen LogP contribution is 2.44. The summed E-state index contributed by atoms with van der Waals surface area (Å²) >= 11 is 0. The van der Waals surface area contributed by atoms with Gasteiger partial charge in [0.2, 0.25) is 0 Å². The van der Waals surface area contributed by atoms with Crippen LogP contribution in [0.3, 0.4) is 0 Å². The number of ether oxygens (including phenoxy) is 1. The molecule has 134 valence electrons. The number of fused-ring (bicyclic) bond motifs is 3. The standard InChI is InChI=1S/C22H19N3O2/c1-14-12-19-21(24-13-14)25(20-17(22(26)27-19)9-5-11-23-20)18-10-4-7-15-6-2-3-8-16(15)18/h4-5,7,9-13H,2-3,6,8H2,1H3. The van der Waals surface area contributed by atoms with Gasteiger partial charge in [-0.1, -0.05) is 12.1 Å². The summed E-state index contributed by atoms with van der Waals surface area (Å²) < 4.78 is 5.68. The molecule has 0 bridgehead atoms. The Hall–Kier alpha value is -3.21. The average molecular weight is 357 g/mol. The second-order valence-corrected chi connectivity index (χ2v) is 7.06. The zero-order valence-electron chi connectivity index (χ0n) is 15.1. The molecule has 0 saturated carbocycles. The number of carbonyl (C=O) groups is 1. The van der Waals surface area contributed by atoms with E-state index in [1.165, 1.54) is 17.5 Å². The molecule has 1 aliphatic heterocycles. The van der Waals surface area contributed by atoms with Crippen molar-refractivity contribution >= 4 is 23.3 Å². The lowest BCUT2D eigenvalue weighted by Gasteiger charge is -2.28. The summed E-state index contributed by atoms with van der Waals surface area (Å²) in [4.78, 5) is 23.9. The largest absolute Gasteiger partial charge is 0.419 e. The number of rotatable bonds is 1. The van der Waals surface area contributed by atoms with E-state index < -0.39 is 5.97 Å². The minimum absolute atomic E-state index is 0.404. The molecular weight excluding hydrogens is 338 g/mol. The van der Waals surface area contributed by atoms with E-state index in [2.05, 4.69) is 28.2 Å². The van der Waals surface area contributed by atoms with E-state index in [-0.39, 0.29) is 0 Å². The second-order valence-electron chi connectivity index (χ2n) is 7.06. The monoisotopic (exact) mass is 357 g/mol. The molecule has 0 amide bonds. The van der Waals surface area contributed by atoms with Crippen molar-refractivity contribution in [2.75, 3.05) is 4.90 Å². The fourth-order valence-electron chi connectivity index (χ4n) is 3.97. The lowest BCUT2D eigenvalue weighted by molar-refractivity contribution is 0.0738. The van der Waals surface area contributed by atoms with Crippen LogP contribution in [0, 0.1) is 6.92 Å². The molecule has 3 aromatic rings. The van der Waals surface area contributed by atoms with Gasteiger partial charge in [0.25, 0.3) is 0 Å². The van der Waals surface area contributed by atoms with Crippen LogP contribution in [0.15, 0.2) is 48.8 Å². The van der Waals surface area contributed by atoms with Crippen LogP contribution < -0.4 is 9.64 Å². The third-order valence-corrected chi connectivity index (χ3v) is 5.21. The number of aromatic nitrogens is 2. The van der Waals surface area contributed by atoms with Crippen molar-refractivity contribution in [3.8, 4) is 5.75 Å². The Balaban J connectivity index is 1.82. The number of carbonyl (C=O) groups excluding carboxylic acids is 1. The smallest absolute Gasteiger partial charge is 0.347 e. The minimum atomic E-state index is -0.404. The lowest BCUT2D eigenvalue weighted by atomic mass is 9.90. The van der Waals surface area contributed by atoms with Gasteiger partial charge in [-0.25, -0.2) is 14.8 Å². The third kappa shape index (κ3) is 2.58. The predicted molar refractivity (Wildman–Crippen MR) is 103 cm³/mol.